The highest BCUT2D eigenvalue weighted by Crippen LogP contribution is 2.21. The molecule has 1 atom stereocenters. The molecule has 0 saturated heterocycles. The predicted octanol–water partition coefficient (Wildman–Crippen LogP) is 5.17. The number of carbonyl (C=O) groups is 2. The van der Waals surface area contributed by atoms with Gasteiger partial charge in [0.2, 0.25) is 21.8 Å². The van der Waals surface area contributed by atoms with E-state index >= 15 is 0 Å². The Morgan fingerprint density at radius 2 is 1.54 bits per heavy atom. The summed E-state index contributed by atoms with van der Waals surface area (Å²) in [6, 6.07) is 13.9. The Labute approximate surface area is 227 Å². The molecule has 2 aromatic carbocycles. The first-order valence-electron chi connectivity index (χ1n) is 12.7. The van der Waals surface area contributed by atoms with Crippen LogP contribution in [-0.2, 0) is 32.6 Å². The summed E-state index contributed by atoms with van der Waals surface area (Å²) in [6.45, 7) is 10.0. The van der Waals surface area contributed by atoms with Gasteiger partial charge in [0.05, 0.1) is 11.9 Å². The van der Waals surface area contributed by atoms with Crippen LogP contribution in [0, 0.1) is 0 Å². The zero-order chi connectivity index (χ0) is 27.8. The van der Waals surface area contributed by atoms with Gasteiger partial charge in [0.15, 0.2) is 0 Å². The van der Waals surface area contributed by atoms with Crippen molar-refractivity contribution in [1.29, 1.82) is 0 Å². The summed E-state index contributed by atoms with van der Waals surface area (Å²) < 4.78 is 26.3. The number of rotatable bonds is 12. The fourth-order valence-electron chi connectivity index (χ4n) is 4.06. The van der Waals surface area contributed by atoms with Crippen LogP contribution in [0.1, 0.15) is 65.0 Å². The summed E-state index contributed by atoms with van der Waals surface area (Å²) in [7, 11) is -3.53. The number of aryl methyl sites for hydroxylation is 1. The van der Waals surface area contributed by atoms with Gasteiger partial charge in [-0.1, -0.05) is 49.7 Å². The molecule has 9 heteroatoms. The zero-order valence-corrected chi connectivity index (χ0v) is 24.3. The molecule has 37 heavy (non-hydrogen) atoms. The Balaban J connectivity index is 2.22. The van der Waals surface area contributed by atoms with Gasteiger partial charge in [-0.2, -0.15) is 0 Å². The van der Waals surface area contributed by atoms with E-state index in [9.17, 15) is 18.0 Å². The van der Waals surface area contributed by atoms with Gasteiger partial charge in [-0.05, 0) is 75.4 Å². The smallest absolute Gasteiger partial charge is 0.243 e. The maximum atomic E-state index is 13.5. The average Bonchev–Trinajstić information content (AvgIpc) is 2.81. The molecule has 2 amide bonds. The maximum Gasteiger partial charge on any atom is 0.243 e. The van der Waals surface area contributed by atoms with Crippen molar-refractivity contribution < 1.29 is 18.0 Å². The monoisotopic (exact) mass is 549 g/mol. The zero-order valence-electron chi connectivity index (χ0n) is 22.8. The van der Waals surface area contributed by atoms with Crippen LogP contribution in [0.25, 0.3) is 0 Å². The van der Waals surface area contributed by atoms with Gasteiger partial charge in [0, 0.05) is 30.1 Å². The topological polar surface area (TPSA) is 86.8 Å². The van der Waals surface area contributed by atoms with Crippen molar-refractivity contribution in [1.82, 2.24) is 10.2 Å². The van der Waals surface area contributed by atoms with Crippen LogP contribution in [-0.4, -0.2) is 49.5 Å². The van der Waals surface area contributed by atoms with Crippen molar-refractivity contribution in [2.45, 2.75) is 78.4 Å². The third kappa shape index (κ3) is 9.67. The molecule has 1 N–H and O–H groups in total. The minimum Gasteiger partial charge on any atom is -0.350 e. The number of nitrogens with zero attached hydrogens (tertiary/aromatic N) is 2. The lowest BCUT2D eigenvalue weighted by atomic mass is 10.0. The van der Waals surface area contributed by atoms with Crippen LogP contribution >= 0.6 is 11.6 Å². The minimum atomic E-state index is -3.53. The van der Waals surface area contributed by atoms with Gasteiger partial charge in [-0.15, -0.1) is 0 Å². The summed E-state index contributed by atoms with van der Waals surface area (Å²) in [6.07, 6.45) is 2.89. The molecule has 2 rings (SSSR count). The second kappa shape index (κ2) is 13.3. The van der Waals surface area contributed by atoms with Crippen LogP contribution in [0.5, 0.6) is 0 Å². The van der Waals surface area contributed by atoms with Gasteiger partial charge in [0.25, 0.3) is 0 Å². The lowest BCUT2D eigenvalue weighted by molar-refractivity contribution is -0.142. The molecule has 0 unspecified atom stereocenters. The third-order valence-corrected chi connectivity index (χ3v) is 7.38. The number of benzene rings is 2. The molecule has 204 valence electrons. The molecular formula is C28H40ClN3O4S. The molecule has 0 heterocycles. The van der Waals surface area contributed by atoms with E-state index in [4.69, 9.17) is 11.6 Å². The van der Waals surface area contributed by atoms with Crippen LogP contribution in [0.4, 0.5) is 5.69 Å². The van der Waals surface area contributed by atoms with Crippen molar-refractivity contribution in [3.8, 4) is 0 Å². The molecule has 0 aliphatic heterocycles. The van der Waals surface area contributed by atoms with Crippen molar-refractivity contribution >= 4 is 39.1 Å². The van der Waals surface area contributed by atoms with Crippen molar-refractivity contribution in [2.75, 3.05) is 17.1 Å². The second-order valence-electron chi connectivity index (χ2n) is 10.3. The first-order chi connectivity index (χ1) is 17.2. The SMILES string of the molecule is CCc1ccc(N(CCCC(=O)N(Cc2ccc(Cl)cc2)[C@H](CC)C(=O)NC(C)(C)C)S(C)(=O)=O)cc1. The number of nitrogens with one attached hydrogen (secondary N) is 1. The highest BCUT2D eigenvalue weighted by molar-refractivity contribution is 7.92. The fraction of sp³-hybridized carbons (Fsp3) is 0.500. The summed E-state index contributed by atoms with van der Waals surface area (Å²) in [4.78, 5) is 28.2. The van der Waals surface area contributed by atoms with Gasteiger partial charge >= 0.3 is 0 Å². The van der Waals surface area contributed by atoms with Crippen molar-refractivity contribution in [3.05, 3.63) is 64.7 Å². The predicted molar refractivity (Wildman–Crippen MR) is 151 cm³/mol. The van der Waals surface area contributed by atoms with Gasteiger partial charge in [-0.3, -0.25) is 13.9 Å². The van der Waals surface area contributed by atoms with E-state index in [0.29, 0.717) is 23.6 Å². The maximum absolute atomic E-state index is 13.5. The van der Waals surface area contributed by atoms with E-state index in [1.807, 2.05) is 58.9 Å². The van der Waals surface area contributed by atoms with E-state index in [1.54, 1.807) is 29.2 Å². The standard InChI is InChI=1S/C28H40ClN3O4S/c1-7-21-13-17-24(18-14-21)32(37(6,35)36)19-9-10-26(33)31(20-22-11-15-23(29)16-12-22)25(8-2)27(34)30-28(3,4)5/h11-18,25H,7-10,19-20H2,1-6H3,(H,30,34)/t25-/m1/s1. The van der Waals surface area contributed by atoms with E-state index < -0.39 is 21.6 Å². The number of hydrogen-bond acceptors (Lipinski definition) is 4. The molecule has 7 nitrogen and oxygen atoms in total. The molecule has 0 fully saturated rings. The van der Waals surface area contributed by atoms with Crippen LogP contribution in [0.3, 0.4) is 0 Å². The number of hydrogen-bond donors (Lipinski definition) is 1. The summed E-state index contributed by atoms with van der Waals surface area (Å²) in [5.74, 6) is -0.424. The van der Waals surface area contributed by atoms with E-state index in [1.165, 1.54) is 10.6 Å². The first-order valence-corrected chi connectivity index (χ1v) is 14.9. The van der Waals surface area contributed by atoms with E-state index in [2.05, 4.69) is 5.32 Å². The normalized spacial score (nSPS) is 12.6. The number of carbonyl (C=O) groups excluding carboxylic acids is 2. The second-order valence-corrected chi connectivity index (χ2v) is 12.6. The molecular weight excluding hydrogens is 510 g/mol. The van der Waals surface area contributed by atoms with Crippen LogP contribution < -0.4 is 9.62 Å². The Kier molecular flexibility index (Phi) is 11.0. The average molecular weight is 550 g/mol. The number of amides is 2. The molecule has 0 radical (unpaired) electrons. The molecule has 0 bridgehead atoms. The molecule has 0 spiro atoms. The van der Waals surface area contributed by atoms with Gasteiger partial charge < -0.3 is 10.2 Å². The lowest BCUT2D eigenvalue weighted by Gasteiger charge is -2.33. The molecule has 0 aliphatic rings. The fourth-order valence-corrected chi connectivity index (χ4v) is 5.15. The molecule has 0 aromatic heterocycles. The van der Waals surface area contributed by atoms with Crippen molar-refractivity contribution in [3.63, 3.8) is 0 Å². The van der Waals surface area contributed by atoms with E-state index in [0.717, 1.165) is 17.5 Å². The highest BCUT2D eigenvalue weighted by Gasteiger charge is 2.30. The quantitative estimate of drug-likeness (QED) is 0.395. The Bertz CT molecular complexity index is 1140. The number of anilines is 1. The summed E-state index contributed by atoms with van der Waals surface area (Å²) in [5.41, 5.74) is 2.10. The first kappa shape index (κ1) is 30.6. The third-order valence-electron chi connectivity index (χ3n) is 5.94. The Morgan fingerprint density at radius 3 is 2.03 bits per heavy atom. The highest BCUT2D eigenvalue weighted by atomic mass is 35.5. The largest absolute Gasteiger partial charge is 0.350 e. The van der Waals surface area contributed by atoms with Crippen LogP contribution in [0.2, 0.25) is 5.02 Å². The summed E-state index contributed by atoms with van der Waals surface area (Å²) in [5, 5.41) is 3.57. The van der Waals surface area contributed by atoms with Gasteiger partial charge in [-0.25, -0.2) is 8.42 Å². The van der Waals surface area contributed by atoms with Crippen molar-refractivity contribution in [2.24, 2.45) is 0 Å². The molecule has 0 aliphatic carbocycles. The van der Waals surface area contributed by atoms with Gasteiger partial charge in [0.1, 0.15) is 6.04 Å². The number of halogens is 1. The minimum absolute atomic E-state index is 0.103. The van der Waals surface area contributed by atoms with Crippen LogP contribution in [0.15, 0.2) is 48.5 Å². The Morgan fingerprint density at radius 1 is 0.973 bits per heavy atom. The number of sulfonamides is 1. The van der Waals surface area contributed by atoms with E-state index in [-0.39, 0.29) is 31.3 Å². The lowest BCUT2D eigenvalue weighted by Crippen LogP contribution is -2.53. The Hall–Kier alpha value is -2.58. The molecule has 0 saturated carbocycles. The molecule has 2 aromatic rings. The summed E-state index contributed by atoms with van der Waals surface area (Å²) >= 11 is 6.03.